The monoisotopic (exact) mass is 373 g/mol. The van der Waals surface area contributed by atoms with Gasteiger partial charge < -0.3 is 9.30 Å². The van der Waals surface area contributed by atoms with E-state index in [4.69, 9.17) is 16.3 Å². The lowest BCUT2D eigenvalue weighted by atomic mass is 10.1. The van der Waals surface area contributed by atoms with Gasteiger partial charge >= 0.3 is 0 Å². The summed E-state index contributed by atoms with van der Waals surface area (Å²) in [4.78, 5) is 0. The lowest BCUT2D eigenvalue weighted by Gasteiger charge is -2.09. The topological polar surface area (TPSA) is 39.9 Å². The quantitative estimate of drug-likeness (QED) is 0.573. The molecular weight excluding hydrogens is 354 g/mol. The number of benzene rings is 2. The van der Waals surface area contributed by atoms with Crippen molar-refractivity contribution in [2.75, 3.05) is 0 Å². The van der Waals surface area contributed by atoms with E-state index in [2.05, 4.69) is 41.4 Å². The first-order valence-corrected chi connectivity index (χ1v) is 9.35. The van der Waals surface area contributed by atoms with Crippen LogP contribution in [0, 0.1) is 13.8 Å². The van der Waals surface area contributed by atoms with Gasteiger partial charge in [0.2, 0.25) is 0 Å². The second-order valence-electron chi connectivity index (χ2n) is 5.90. The Balaban J connectivity index is 1.65. The van der Waals surface area contributed by atoms with Crippen LogP contribution in [0.4, 0.5) is 0 Å². The van der Waals surface area contributed by atoms with Gasteiger partial charge in [0, 0.05) is 12.8 Å². The number of aromatic nitrogens is 3. The van der Waals surface area contributed by atoms with E-state index in [9.17, 15) is 0 Å². The molecule has 130 valence electrons. The van der Waals surface area contributed by atoms with Gasteiger partial charge in [-0.05, 0) is 42.7 Å². The fourth-order valence-corrected chi connectivity index (χ4v) is 3.55. The van der Waals surface area contributed by atoms with Crippen LogP contribution in [0.5, 0.6) is 5.75 Å². The third kappa shape index (κ3) is 4.35. The molecule has 3 rings (SSSR count). The zero-order valence-corrected chi connectivity index (χ0v) is 16.1. The fourth-order valence-electron chi connectivity index (χ4n) is 2.37. The summed E-state index contributed by atoms with van der Waals surface area (Å²) < 4.78 is 7.78. The third-order valence-corrected chi connectivity index (χ3v) is 5.37. The summed E-state index contributed by atoms with van der Waals surface area (Å²) in [5.74, 6) is 2.30. The van der Waals surface area contributed by atoms with E-state index < -0.39 is 0 Å². The lowest BCUT2D eigenvalue weighted by molar-refractivity contribution is 0.290. The molecular formula is C19H20ClN3OS. The highest BCUT2D eigenvalue weighted by Crippen LogP contribution is 2.27. The fraction of sp³-hybridized carbons (Fsp3) is 0.263. The molecule has 2 aromatic carbocycles. The zero-order valence-electron chi connectivity index (χ0n) is 14.5. The summed E-state index contributed by atoms with van der Waals surface area (Å²) in [5, 5.41) is 9.99. The molecule has 1 heterocycles. The highest BCUT2D eigenvalue weighted by molar-refractivity contribution is 7.98. The van der Waals surface area contributed by atoms with Crippen molar-refractivity contribution >= 4 is 23.4 Å². The molecule has 0 aliphatic carbocycles. The minimum absolute atomic E-state index is 0.331. The first kappa shape index (κ1) is 17.8. The number of thioether (sulfide) groups is 1. The molecule has 0 fully saturated rings. The summed E-state index contributed by atoms with van der Waals surface area (Å²) in [5.41, 5.74) is 3.70. The second-order valence-corrected chi connectivity index (χ2v) is 7.25. The van der Waals surface area contributed by atoms with Gasteiger partial charge in [-0.15, -0.1) is 10.2 Å². The smallest absolute Gasteiger partial charge is 0.191 e. The molecule has 6 heteroatoms. The maximum atomic E-state index is 6.17. The van der Waals surface area contributed by atoms with Crippen molar-refractivity contribution in [3.8, 4) is 5.75 Å². The van der Waals surface area contributed by atoms with Crippen molar-refractivity contribution in [2.45, 2.75) is 31.4 Å². The van der Waals surface area contributed by atoms with E-state index in [1.165, 1.54) is 11.1 Å². The van der Waals surface area contributed by atoms with Crippen LogP contribution in [-0.2, 0) is 19.4 Å². The summed E-state index contributed by atoms with van der Waals surface area (Å²) in [7, 11) is 1.96. The molecule has 0 radical (unpaired) electrons. The lowest BCUT2D eigenvalue weighted by Crippen LogP contribution is -2.04. The molecule has 0 aliphatic heterocycles. The maximum absolute atomic E-state index is 6.17. The SMILES string of the molecule is Cc1ccc(Cl)c(OCc2nnc(SCc3ccccc3C)n2C)c1. The minimum atomic E-state index is 0.331. The third-order valence-electron chi connectivity index (χ3n) is 3.99. The van der Waals surface area contributed by atoms with Gasteiger partial charge in [0.25, 0.3) is 0 Å². The zero-order chi connectivity index (χ0) is 17.8. The summed E-state index contributed by atoms with van der Waals surface area (Å²) >= 11 is 7.84. The van der Waals surface area contributed by atoms with Gasteiger partial charge in [-0.1, -0.05) is 53.7 Å². The number of aryl methyl sites for hydroxylation is 2. The molecule has 3 aromatic rings. The van der Waals surface area contributed by atoms with Gasteiger partial charge in [0.15, 0.2) is 11.0 Å². The first-order chi connectivity index (χ1) is 12.0. The van der Waals surface area contributed by atoms with Crippen LogP contribution < -0.4 is 4.74 Å². The van der Waals surface area contributed by atoms with E-state index in [0.717, 1.165) is 22.3 Å². The largest absolute Gasteiger partial charge is 0.484 e. The average molecular weight is 374 g/mol. The number of hydrogen-bond donors (Lipinski definition) is 0. The van der Waals surface area contributed by atoms with Crippen molar-refractivity contribution in [1.29, 1.82) is 0 Å². The van der Waals surface area contributed by atoms with Crippen LogP contribution in [0.3, 0.4) is 0 Å². The van der Waals surface area contributed by atoms with Gasteiger partial charge in [0.05, 0.1) is 5.02 Å². The second kappa shape index (κ2) is 7.93. The molecule has 0 saturated heterocycles. The molecule has 1 aromatic heterocycles. The van der Waals surface area contributed by atoms with Crippen molar-refractivity contribution < 1.29 is 4.74 Å². The van der Waals surface area contributed by atoms with Gasteiger partial charge in [0.1, 0.15) is 12.4 Å². The number of nitrogens with zero attached hydrogens (tertiary/aromatic N) is 3. The number of hydrogen-bond acceptors (Lipinski definition) is 4. The van der Waals surface area contributed by atoms with E-state index in [-0.39, 0.29) is 0 Å². The van der Waals surface area contributed by atoms with Crippen LogP contribution in [-0.4, -0.2) is 14.8 Å². The Morgan fingerprint density at radius 2 is 1.92 bits per heavy atom. The average Bonchev–Trinajstić information content (AvgIpc) is 2.95. The Kier molecular flexibility index (Phi) is 5.66. The Morgan fingerprint density at radius 1 is 1.12 bits per heavy atom. The van der Waals surface area contributed by atoms with Crippen LogP contribution in [0.15, 0.2) is 47.6 Å². The molecule has 0 aliphatic rings. The van der Waals surface area contributed by atoms with Gasteiger partial charge in [-0.25, -0.2) is 0 Å². The van der Waals surface area contributed by atoms with Gasteiger partial charge in [-0.3, -0.25) is 0 Å². The normalized spacial score (nSPS) is 10.9. The summed E-state index contributed by atoms with van der Waals surface area (Å²) in [6.07, 6.45) is 0. The van der Waals surface area contributed by atoms with E-state index in [1.807, 2.05) is 36.7 Å². The van der Waals surface area contributed by atoms with E-state index in [1.54, 1.807) is 11.8 Å². The Morgan fingerprint density at radius 3 is 2.72 bits per heavy atom. The molecule has 0 bridgehead atoms. The standard InChI is InChI=1S/C19H20ClN3OS/c1-13-8-9-16(20)17(10-13)24-11-18-21-22-19(23(18)3)25-12-15-7-5-4-6-14(15)2/h4-10H,11-12H2,1-3H3. The van der Waals surface area contributed by atoms with Crippen LogP contribution in [0.1, 0.15) is 22.5 Å². The molecule has 0 unspecified atom stereocenters. The summed E-state index contributed by atoms with van der Waals surface area (Å²) in [6.45, 7) is 4.46. The maximum Gasteiger partial charge on any atom is 0.191 e. The van der Waals surface area contributed by atoms with E-state index in [0.29, 0.717) is 17.4 Å². The van der Waals surface area contributed by atoms with Crippen LogP contribution in [0.25, 0.3) is 0 Å². The highest BCUT2D eigenvalue weighted by atomic mass is 35.5. The van der Waals surface area contributed by atoms with Crippen molar-refractivity contribution in [3.05, 3.63) is 70.0 Å². The highest BCUT2D eigenvalue weighted by Gasteiger charge is 2.11. The molecule has 4 nitrogen and oxygen atoms in total. The van der Waals surface area contributed by atoms with Gasteiger partial charge in [-0.2, -0.15) is 0 Å². The van der Waals surface area contributed by atoms with E-state index >= 15 is 0 Å². The Bertz CT molecular complexity index is 879. The molecule has 25 heavy (non-hydrogen) atoms. The predicted octanol–water partition coefficient (Wildman–Crippen LogP) is 4.96. The van der Waals surface area contributed by atoms with Crippen molar-refractivity contribution in [1.82, 2.24) is 14.8 Å². The number of ether oxygens (including phenoxy) is 1. The Hall–Kier alpha value is -1.98. The molecule has 0 spiro atoms. The van der Waals surface area contributed by atoms with Crippen molar-refractivity contribution in [3.63, 3.8) is 0 Å². The van der Waals surface area contributed by atoms with Crippen molar-refractivity contribution in [2.24, 2.45) is 7.05 Å². The number of halogens is 1. The molecule has 0 atom stereocenters. The molecule has 0 amide bonds. The predicted molar refractivity (Wildman–Crippen MR) is 102 cm³/mol. The first-order valence-electron chi connectivity index (χ1n) is 7.99. The van der Waals surface area contributed by atoms with Crippen LogP contribution in [0.2, 0.25) is 5.02 Å². The number of rotatable bonds is 6. The Labute approximate surface area is 157 Å². The minimum Gasteiger partial charge on any atom is -0.484 e. The molecule has 0 N–H and O–H groups in total. The van der Waals surface area contributed by atoms with Crippen LogP contribution >= 0.6 is 23.4 Å². The molecule has 0 saturated carbocycles. The summed E-state index contributed by atoms with van der Waals surface area (Å²) in [6, 6.07) is 14.1.